The van der Waals surface area contributed by atoms with E-state index >= 15 is 0 Å². The zero-order valence-electron chi connectivity index (χ0n) is 21.0. The van der Waals surface area contributed by atoms with Gasteiger partial charge in [0.1, 0.15) is 0 Å². The molecule has 6 heteroatoms. The Balaban J connectivity index is 2.09. The highest BCUT2D eigenvalue weighted by Gasteiger charge is 2.26. The Hall–Kier alpha value is -2.63. The average molecular weight is 457 g/mol. The Bertz CT molecular complexity index is 921. The van der Waals surface area contributed by atoms with Gasteiger partial charge in [-0.05, 0) is 61.3 Å². The average Bonchev–Trinajstić information content (AvgIpc) is 3.33. The van der Waals surface area contributed by atoms with E-state index in [2.05, 4.69) is 35.8 Å². The summed E-state index contributed by atoms with van der Waals surface area (Å²) in [5.74, 6) is -0.0216. The van der Waals surface area contributed by atoms with E-state index in [1.165, 1.54) is 7.11 Å². The first kappa shape index (κ1) is 26.6. The third-order valence-corrected chi connectivity index (χ3v) is 6.46. The van der Waals surface area contributed by atoms with E-state index in [0.29, 0.717) is 25.0 Å². The third kappa shape index (κ3) is 6.68. The predicted molar refractivity (Wildman–Crippen MR) is 132 cm³/mol. The van der Waals surface area contributed by atoms with Crippen molar-refractivity contribution in [3.8, 4) is 0 Å². The molecule has 0 aliphatic carbocycles. The first-order valence-electron chi connectivity index (χ1n) is 12.5. The largest absolute Gasteiger partial charge is 0.469 e. The first-order chi connectivity index (χ1) is 15.9. The van der Waals surface area contributed by atoms with E-state index in [-0.39, 0.29) is 17.7 Å². The quantitative estimate of drug-likeness (QED) is 0.210. The number of ether oxygens (including phenoxy) is 1. The van der Waals surface area contributed by atoms with E-state index < -0.39 is 0 Å². The molecule has 6 nitrogen and oxygen atoms in total. The predicted octanol–water partition coefficient (Wildman–Crippen LogP) is 5.81. The lowest BCUT2D eigenvalue weighted by molar-refractivity contribution is -0.140. The number of allylic oxidation sites excluding steroid dienone is 1. The Morgan fingerprint density at radius 2 is 1.42 bits per heavy atom. The van der Waals surface area contributed by atoms with E-state index in [1.807, 2.05) is 13.0 Å². The number of rotatable bonds is 14. The van der Waals surface area contributed by atoms with Gasteiger partial charge >= 0.3 is 5.97 Å². The van der Waals surface area contributed by atoms with Crippen LogP contribution in [0.25, 0.3) is 6.08 Å². The standard InChI is InChI=1S/C27H40N2O4/c1-6-18-20(8-3)26(24(30)15-13-11-10-12-14-16-25(31)33-5)28-22(18)17-23-19(7-2)21(9-4)27(32)29-23/h17,28H,6-16H2,1-5H3,(H,29,32)/b23-17+. The summed E-state index contributed by atoms with van der Waals surface area (Å²) in [5.41, 5.74) is 6.67. The van der Waals surface area contributed by atoms with Crippen molar-refractivity contribution in [3.63, 3.8) is 0 Å². The lowest BCUT2D eigenvalue weighted by Crippen LogP contribution is -2.16. The molecule has 0 fully saturated rings. The van der Waals surface area contributed by atoms with E-state index in [0.717, 1.165) is 85.0 Å². The zero-order chi connectivity index (χ0) is 24.4. The van der Waals surface area contributed by atoms with Gasteiger partial charge in [0.05, 0.1) is 12.8 Å². The van der Waals surface area contributed by atoms with Crippen LogP contribution < -0.4 is 5.32 Å². The number of aromatic nitrogens is 1. The summed E-state index contributed by atoms with van der Waals surface area (Å²) >= 11 is 0. The molecule has 1 aromatic rings. The van der Waals surface area contributed by atoms with Gasteiger partial charge in [-0.3, -0.25) is 14.4 Å². The van der Waals surface area contributed by atoms with Crippen LogP contribution in [-0.4, -0.2) is 29.8 Å². The summed E-state index contributed by atoms with van der Waals surface area (Å²) in [6, 6.07) is 0. The topological polar surface area (TPSA) is 88.3 Å². The minimum atomic E-state index is -0.161. The number of unbranched alkanes of at least 4 members (excludes halogenated alkanes) is 4. The van der Waals surface area contributed by atoms with Gasteiger partial charge in [-0.25, -0.2) is 0 Å². The highest BCUT2D eigenvalue weighted by molar-refractivity contribution is 6.01. The monoisotopic (exact) mass is 456 g/mol. The van der Waals surface area contributed by atoms with Gasteiger partial charge in [0.2, 0.25) is 0 Å². The number of nitrogens with one attached hydrogen (secondary N) is 2. The first-order valence-corrected chi connectivity index (χ1v) is 12.5. The number of Topliss-reactive ketones (excluding diaryl/α,β-unsaturated/α-hetero) is 1. The number of H-pyrrole nitrogens is 1. The minimum absolute atomic E-state index is 0.0104. The Morgan fingerprint density at radius 1 is 0.818 bits per heavy atom. The van der Waals surface area contributed by atoms with Crippen molar-refractivity contribution < 1.29 is 19.1 Å². The molecule has 0 saturated carbocycles. The van der Waals surface area contributed by atoms with E-state index in [9.17, 15) is 14.4 Å². The van der Waals surface area contributed by atoms with Gasteiger partial charge in [0.25, 0.3) is 5.91 Å². The molecule has 0 atom stereocenters. The molecule has 0 spiro atoms. The molecule has 182 valence electrons. The molecule has 0 radical (unpaired) electrons. The van der Waals surface area contributed by atoms with Crippen molar-refractivity contribution in [2.24, 2.45) is 0 Å². The smallest absolute Gasteiger partial charge is 0.305 e. The van der Waals surface area contributed by atoms with Crippen LogP contribution in [0.3, 0.4) is 0 Å². The molecule has 1 aliphatic rings. The fourth-order valence-corrected chi connectivity index (χ4v) is 4.68. The second-order valence-corrected chi connectivity index (χ2v) is 8.52. The molecular formula is C27H40N2O4. The fourth-order valence-electron chi connectivity index (χ4n) is 4.68. The van der Waals surface area contributed by atoms with Crippen molar-refractivity contribution in [2.75, 3.05) is 7.11 Å². The second kappa shape index (κ2) is 13.2. The Morgan fingerprint density at radius 3 is 2.00 bits per heavy atom. The summed E-state index contributed by atoms with van der Waals surface area (Å²) in [6.45, 7) is 8.26. The molecule has 1 amide bonds. The van der Waals surface area contributed by atoms with Crippen LogP contribution in [0.2, 0.25) is 0 Å². The van der Waals surface area contributed by atoms with Crippen LogP contribution in [0.1, 0.15) is 113 Å². The minimum Gasteiger partial charge on any atom is -0.469 e. The number of carbonyl (C=O) groups excluding carboxylic acids is 3. The molecular weight excluding hydrogens is 416 g/mol. The summed E-state index contributed by atoms with van der Waals surface area (Å²) in [7, 11) is 1.41. The molecule has 2 rings (SSSR count). The normalized spacial score (nSPS) is 14.8. The number of carbonyl (C=O) groups is 3. The molecule has 2 heterocycles. The molecule has 33 heavy (non-hydrogen) atoms. The van der Waals surface area contributed by atoms with Crippen LogP contribution in [-0.2, 0) is 27.2 Å². The van der Waals surface area contributed by atoms with Gasteiger partial charge < -0.3 is 15.0 Å². The maximum Gasteiger partial charge on any atom is 0.305 e. The third-order valence-electron chi connectivity index (χ3n) is 6.46. The van der Waals surface area contributed by atoms with Gasteiger partial charge in [-0.2, -0.15) is 0 Å². The number of amides is 1. The zero-order valence-corrected chi connectivity index (χ0v) is 21.0. The van der Waals surface area contributed by atoms with Crippen LogP contribution in [0, 0.1) is 0 Å². The number of esters is 1. The molecule has 0 saturated heterocycles. The van der Waals surface area contributed by atoms with Crippen LogP contribution >= 0.6 is 0 Å². The number of methoxy groups -OCH3 is 1. The molecule has 0 aromatic carbocycles. The van der Waals surface area contributed by atoms with E-state index in [4.69, 9.17) is 0 Å². The number of hydrogen-bond donors (Lipinski definition) is 2. The summed E-state index contributed by atoms with van der Waals surface area (Å²) in [4.78, 5) is 39.9. The molecule has 0 bridgehead atoms. The van der Waals surface area contributed by atoms with Crippen LogP contribution in [0.15, 0.2) is 16.8 Å². The van der Waals surface area contributed by atoms with Crippen molar-refractivity contribution in [3.05, 3.63) is 39.4 Å². The summed E-state index contributed by atoms with van der Waals surface area (Å²) < 4.78 is 4.66. The lowest BCUT2D eigenvalue weighted by atomic mass is 9.98. The molecule has 0 unspecified atom stereocenters. The number of ketones is 1. The summed E-state index contributed by atoms with van der Waals surface area (Å²) in [5, 5.41) is 3.02. The van der Waals surface area contributed by atoms with Crippen molar-refractivity contribution >= 4 is 23.7 Å². The molecule has 2 N–H and O–H groups in total. The fraction of sp³-hybridized carbons (Fsp3) is 0.593. The maximum atomic E-state index is 13.0. The number of aromatic amines is 1. The van der Waals surface area contributed by atoms with Crippen molar-refractivity contribution in [2.45, 2.75) is 98.3 Å². The van der Waals surface area contributed by atoms with E-state index in [1.54, 1.807) is 0 Å². The summed E-state index contributed by atoms with van der Waals surface area (Å²) in [6.07, 6.45) is 10.7. The highest BCUT2D eigenvalue weighted by Crippen LogP contribution is 2.30. The number of hydrogen-bond acceptors (Lipinski definition) is 4. The highest BCUT2D eigenvalue weighted by atomic mass is 16.5. The Kier molecular flexibility index (Phi) is 10.6. The maximum absolute atomic E-state index is 13.0. The molecule has 1 aromatic heterocycles. The van der Waals surface area contributed by atoms with Crippen LogP contribution in [0.4, 0.5) is 0 Å². The molecule has 1 aliphatic heterocycles. The van der Waals surface area contributed by atoms with Gasteiger partial charge in [-0.15, -0.1) is 0 Å². The van der Waals surface area contributed by atoms with Gasteiger partial charge in [0, 0.05) is 29.8 Å². The Labute approximate surface area is 198 Å². The lowest BCUT2D eigenvalue weighted by Gasteiger charge is -2.05. The van der Waals surface area contributed by atoms with Crippen molar-refractivity contribution in [1.82, 2.24) is 10.3 Å². The second-order valence-electron chi connectivity index (χ2n) is 8.52. The van der Waals surface area contributed by atoms with Crippen molar-refractivity contribution in [1.29, 1.82) is 0 Å². The van der Waals surface area contributed by atoms with Gasteiger partial charge in [-0.1, -0.05) is 47.0 Å². The van der Waals surface area contributed by atoms with Gasteiger partial charge in [0.15, 0.2) is 5.78 Å². The van der Waals surface area contributed by atoms with Crippen LogP contribution in [0.5, 0.6) is 0 Å². The SMILES string of the molecule is CCC1=C(CC)/C(=C\c2[nH]c(C(=O)CCCCCCCC(=O)OC)c(CC)c2CC)NC1=O.